The van der Waals surface area contributed by atoms with Gasteiger partial charge in [0.25, 0.3) is 0 Å². The van der Waals surface area contributed by atoms with Crippen LogP contribution in [0.5, 0.6) is 0 Å². The van der Waals surface area contributed by atoms with Crippen LogP contribution in [-0.4, -0.2) is 36.7 Å². The molecular weight excluding hydrogens is 390 g/mol. The molecule has 2 aliphatic rings. The largest absolute Gasteiger partial charge is 0.383 e. The van der Waals surface area contributed by atoms with Gasteiger partial charge in [-0.05, 0) is 50.7 Å². The van der Waals surface area contributed by atoms with Gasteiger partial charge in [-0.2, -0.15) is 5.10 Å². The van der Waals surface area contributed by atoms with Crippen molar-refractivity contribution in [2.75, 3.05) is 5.73 Å². The van der Waals surface area contributed by atoms with E-state index in [1.807, 2.05) is 16.8 Å². The molecule has 2 saturated carbocycles. The van der Waals surface area contributed by atoms with E-state index in [0.717, 1.165) is 71.8 Å². The van der Waals surface area contributed by atoms with Gasteiger partial charge >= 0.3 is 0 Å². The fourth-order valence-electron chi connectivity index (χ4n) is 4.77. The van der Waals surface area contributed by atoms with Crippen molar-refractivity contribution in [3.05, 3.63) is 36.7 Å². The molecule has 1 aromatic carbocycles. The number of hydrogen-bond donors (Lipinski definition) is 3. The van der Waals surface area contributed by atoms with Crippen LogP contribution in [0.4, 0.5) is 5.82 Å². The SMILES string of the molecule is Nc1ncnc2c1c(-c1cc3ccccc3[nH]1)nn2C1CCC(NC(=O)C2CC2)CC1. The van der Waals surface area contributed by atoms with E-state index in [1.54, 1.807) is 0 Å². The second kappa shape index (κ2) is 7.08. The zero-order valence-electron chi connectivity index (χ0n) is 17.2. The highest BCUT2D eigenvalue weighted by atomic mass is 16.2. The number of amides is 1. The van der Waals surface area contributed by atoms with Crippen LogP contribution in [0, 0.1) is 5.92 Å². The van der Waals surface area contributed by atoms with E-state index in [-0.39, 0.29) is 23.9 Å². The fourth-order valence-corrected chi connectivity index (χ4v) is 4.77. The standard InChI is InChI=1S/C23H25N7O/c24-21-19-20(18-11-14-3-1-2-4-17(14)28-18)29-30(22(19)26-12-25-21)16-9-7-15(8-10-16)27-23(31)13-5-6-13/h1-4,11-13,15-16,28H,5-10H2,(H,27,31)(H2,24,25,26). The van der Waals surface area contributed by atoms with E-state index in [0.29, 0.717) is 5.82 Å². The van der Waals surface area contributed by atoms with Crippen molar-refractivity contribution in [1.82, 2.24) is 30.0 Å². The van der Waals surface area contributed by atoms with Crippen LogP contribution < -0.4 is 11.1 Å². The summed E-state index contributed by atoms with van der Waals surface area (Å²) < 4.78 is 2.02. The van der Waals surface area contributed by atoms with E-state index in [2.05, 4.69) is 38.5 Å². The molecule has 0 aliphatic heterocycles. The minimum Gasteiger partial charge on any atom is -0.383 e. The number of para-hydroxylation sites is 1. The highest BCUT2D eigenvalue weighted by Crippen LogP contribution is 2.37. The molecule has 2 aliphatic carbocycles. The van der Waals surface area contributed by atoms with Crippen molar-refractivity contribution < 1.29 is 4.79 Å². The third-order valence-electron chi connectivity index (χ3n) is 6.64. The molecule has 6 rings (SSSR count). The molecule has 8 heteroatoms. The number of benzene rings is 1. The quantitative estimate of drug-likeness (QED) is 0.471. The number of carbonyl (C=O) groups excluding carboxylic acids is 1. The van der Waals surface area contributed by atoms with E-state index in [4.69, 9.17) is 10.8 Å². The van der Waals surface area contributed by atoms with E-state index in [1.165, 1.54) is 6.33 Å². The van der Waals surface area contributed by atoms with Crippen molar-refractivity contribution in [3.63, 3.8) is 0 Å². The van der Waals surface area contributed by atoms with Gasteiger partial charge in [0.15, 0.2) is 5.65 Å². The molecule has 0 saturated heterocycles. The lowest BCUT2D eigenvalue weighted by Gasteiger charge is -2.29. The number of nitrogens with one attached hydrogen (secondary N) is 2. The summed E-state index contributed by atoms with van der Waals surface area (Å²) in [6, 6.07) is 10.7. The van der Waals surface area contributed by atoms with E-state index >= 15 is 0 Å². The lowest BCUT2D eigenvalue weighted by atomic mass is 9.91. The number of fused-ring (bicyclic) bond motifs is 2. The summed E-state index contributed by atoms with van der Waals surface area (Å²) in [7, 11) is 0. The average Bonchev–Trinajstić information content (AvgIpc) is 3.43. The van der Waals surface area contributed by atoms with Gasteiger partial charge in [-0.3, -0.25) is 4.79 Å². The van der Waals surface area contributed by atoms with Crippen LogP contribution in [-0.2, 0) is 4.79 Å². The average molecular weight is 416 g/mol. The number of anilines is 1. The van der Waals surface area contributed by atoms with E-state index < -0.39 is 0 Å². The molecule has 4 aromatic rings. The molecular formula is C23H25N7O. The molecule has 0 spiro atoms. The molecule has 2 fully saturated rings. The van der Waals surface area contributed by atoms with Gasteiger partial charge in [0, 0.05) is 22.9 Å². The molecule has 8 nitrogen and oxygen atoms in total. The number of carbonyl (C=O) groups is 1. The van der Waals surface area contributed by atoms with Crippen LogP contribution in [0.3, 0.4) is 0 Å². The summed E-state index contributed by atoms with van der Waals surface area (Å²) >= 11 is 0. The maximum absolute atomic E-state index is 12.1. The number of nitrogens with two attached hydrogens (primary N) is 1. The minimum atomic E-state index is 0.226. The number of nitrogens with zero attached hydrogens (tertiary/aromatic N) is 4. The molecule has 3 aromatic heterocycles. The maximum atomic E-state index is 12.1. The van der Waals surface area contributed by atoms with Gasteiger partial charge in [0.2, 0.25) is 5.91 Å². The molecule has 4 N–H and O–H groups in total. The highest BCUT2D eigenvalue weighted by Gasteiger charge is 2.33. The first-order valence-electron chi connectivity index (χ1n) is 11.0. The van der Waals surface area contributed by atoms with Crippen molar-refractivity contribution in [3.8, 4) is 11.4 Å². The zero-order chi connectivity index (χ0) is 20.9. The summed E-state index contributed by atoms with van der Waals surface area (Å²) in [4.78, 5) is 24.3. The fraction of sp³-hybridized carbons (Fsp3) is 0.391. The molecule has 31 heavy (non-hydrogen) atoms. The molecule has 0 bridgehead atoms. The number of aromatic amines is 1. The molecule has 0 unspecified atom stereocenters. The first-order chi connectivity index (χ1) is 15.2. The van der Waals surface area contributed by atoms with Crippen LogP contribution in [0.15, 0.2) is 36.7 Å². The van der Waals surface area contributed by atoms with Crippen molar-refractivity contribution >= 4 is 33.7 Å². The first kappa shape index (κ1) is 18.4. The summed E-state index contributed by atoms with van der Waals surface area (Å²) in [6.45, 7) is 0. The van der Waals surface area contributed by atoms with Crippen LogP contribution in [0.1, 0.15) is 44.6 Å². The lowest BCUT2D eigenvalue weighted by Crippen LogP contribution is -2.38. The van der Waals surface area contributed by atoms with Crippen LogP contribution in [0.2, 0.25) is 0 Å². The Morgan fingerprint density at radius 2 is 1.90 bits per heavy atom. The second-order valence-corrected chi connectivity index (χ2v) is 8.81. The van der Waals surface area contributed by atoms with E-state index in [9.17, 15) is 4.79 Å². The van der Waals surface area contributed by atoms with Crippen molar-refractivity contribution in [2.24, 2.45) is 5.92 Å². The number of aromatic nitrogens is 5. The number of nitrogen functional groups attached to an aromatic ring is 1. The third-order valence-corrected chi connectivity index (χ3v) is 6.64. The van der Waals surface area contributed by atoms with Crippen LogP contribution >= 0.6 is 0 Å². The first-order valence-corrected chi connectivity index (χ1v) is 11.0. The highest BCUT2D eigenvalue weighted by molar-refractivity contribution is 5.99. The third kappa shape index (κ3) is 3.22. The Bertz CT molecular complexity index is 1240. The Labute approximate surface area is 179 Å². The second-order valence-electron chi connectivity index (χ2n) is 8.81. The summed E-state index contributed by atoms with van der Waals surface area (Å²) in [5.74, 6) is 0.927. The molecule has 1 amide bonds. The minimum absolute atomic E-state index is 0.226. The number of rotatable bonds is 4. The summed E-state index contributed by atoms with van der Waals surface area (Å²) in [5.41, 5.74) is 9.80. The predicted octanol–water partition coefficient (Wildman–Crippen LogP) is 3.57. The lowest BCUT2D eigenvalue weighted by molar-refractivity contribution is -0.123. The van der Waals surface area contributed by atoms with Crippen molar-refractivity contribution in [1.29, 1.82) is 0 Å². The van der Waals surface area contributed by atoms with Gasteiger partial charge in [0.1, 0.15) is 17.8 Å². The number of hydrogen-bond acceptors (Lipinski definition) is 5. The molecule has 158 valence electrons. The van der Waals surface area contributed by atoms with Gasteiger partial charge in [-0.15, -0.1) is 0 Å². The Morgan fingerprint density at radius 1 is 1.10 bits per heavy atom. The topological polar surface area (TPSA) is 115 Å². The summed E-state index contributed by atoms with van der Waals surface area (Å²) in [5, 5.41) is 10.1. The van der Waals surface area contributed by atoms with Gasteiger partial charge in [0.05, 0.1) is 17.1 Å². The Kier molecular flexibility index (Phi) is 4.19. The molecule has 0 atom stereocenters. The molecule has 3 heterocycles. The number of H-pyrrole nitrogens is 1. The van der Waals surface area contributed by atoms with Gasteiger partial charge < -0.3 is 16.0 Å². The smallest absolute Gasteiger partial charge is 0.223 e. The van der Waals surface area contributed by atoms with Crippen molar-refractivity contribution in [2.45, 2.75) is 50.6 Å². The van der Waals surface area contributed by atoms with Gasteiger partial charge in [-0.1, -0.05) is 18.2 Å². The normalized spacial score (nSPS) is 21.5. The Hall–Kier alpha value is -3.42. The van der Waals surface area contributed by atoms with Gasteiger partial charge in [-0.25, -0.2) is 14.6 Å². The Balaban J connectivity index is 1.33. The predicted molar refractivity (Wildman–Crippen MR) is 119 cm³/mol. The maximum Gasteiger partial charge on any atom is 0.223 e. The van der Waals surface area contributed by atoms with Crippen LogP contribution in [0.25, 0.3) is 33.3 Å². The molecule has 0 radical (unpaired) electrons. The Morgan fingerprint density at radius 3 is 2.68 bits per heavy atom. The summed E-state index contributed by atoms with van der Waals surface area (Å²) in [6.07, 6.45) is 7.38. The monoisotopic (exact) mass is 415 g/mol. The zero-order valence-corrected chi connectivity index (χ0v) is 17.2.